The number of halogens is 2. The number of anilines is 1. The lowest BCUT2D eigenvalue weighted by Crippen LogP contribution is -2.45. The molecule has 1 aromatic heterocycles. The van der Waals surface area contributed by atoms with E-state index in [-0.39, 0.29) is 30.1 Å². The van der Waals surface area contributed by atoms with Crippen molar-refractivity contribution in [3.8, 4) is 5.69 Å². The first-order valence-electron chi connectivity index (χ1n) is 10.8. The van der Waals surface area contributed by atoms with Gasteiger partial charge in [-0.1, -0.05) is 36.2 Å². The summed E-state index contributed by atoms with van der Waals surface area (Å²) in [6.45, 7) is 8.52. The van der Waals surface area contributed by atoms with Gasteiger partial charge in [-0.2, -0.15) is 0 Å². The molecule has 3 heterocycles. The molecule has 2 atom stereocenters. The van der Waals surface area contributed by atoms with Crippen LogP contribution in [-0.4, -0.2) is 47.1 Å². The number of aliphatic hydroxyl groups excluding tert-OH is 1. The molecule has 1 aromatic carbocycles. The predicted octanol–water partition coefficient (Wildman–Crippen LogP) is 4.02. The Morgan fingerprint density at radius 3 is 2.58 bits per heavy atom. The largest absolute Gasteiger partial charge is 0.396 e. The summed E-state index contributed by atoms with van der Waals surface area (Å²) < 4.78 is 7.43. The van der Waals surface area contributed by atoms with E-state index in [1.807, 2.05) is 0 Å². The Kier molecular flexibility index (Phi) is 6.37. The molecule has 6 nitrogen and oxygen atoms in total. The van der Waals surface area contributed by atoms with Crippen molar-refractivity contribution in [3.63, 3.8) is 0 Å². The minimum atomic E-state index is -0.216. The third-order valence-corrected chi connectivity index (χ3v) is 8.03. The zero-order valence-corrected chi connectivity index (χ0v) is 19.7. The molecule has 0 unspecified atom stereocenters. The first-order chi connectivity index (χ1) is 14.8. The molecular formula is C23H29Cl2N3O3. The van der Waals surface area contributed by atoms with Gasteiger partial charge >= 0.3 is 0 Å². The highest BCUT2D eigenvalue weighted by Crippen LogP contribution is 2.46. The fraction of sp³-hybridized carbons (Fsp3) is 0.565. The van der Waals surface area contributed by atoms with Gasteiger partial charge in [-0.15, -0.1) is 0 Å². The fourth-order valence-electron chi connectivity index (χ4n) is 5.02. The van der Waals surface area contributed by atoms with Gasteiger partial charge in [-0.3, -0.25) is 9.36 Å². The number of aliphatic hydroxyl groups is 1. The van der Waals surface area contributed by atoms with Crippen LogP contribution in [0.2, 0.25) is 10.0 Å². The van der Waals surface area contributed by atoms with E-state index in [1.165, 1.54) is 4.57 Å². The van der Waals surface area contributed by atoms with Gasteiger partial charge in [0, 0.05) is 31.5 Å². The van der Waals surface area contributed by atoms with Gasteiger partial charge in [-0.05, 0) is 44.7 Å². The van der Waals surface area contributed by atoms with Gasteiger partial charge in [0.1, 0.15) is 11.6 Å². The zero-order chi connectivity index (χ0) is 22.3. The molecule has 0 bridgehead atoms. The Labute approximate surface area is 192 Å². The van der Waals surface area contributed by atoms with Crippen molar-refractivity contribution in [1.29, 1.82) is 0 Å². The van der Waals surface area contributed by atoms with Gasteiger partial charge < -0.3 is 14.7 Å². The Morgan fingerprint density at radius 2 is 1.97 bits per heavy atom. The maximum atomic E-state index is 13.5. The highest BCUT2D eigenvalue weighted by Gasteiger charge is 2.47. The summed E-state index contributed by atoms with van der Waals surface area (Å²) in [6, 6.07) is 5.19. The van der Waals surface area contributed by atoms with Gasteiger partial charge in [0.15, 0.2) is 0 Å². The maximum Gasteiger partial charge on any atom is 0.263 e. The van der Waals surface area contributed by atoms with Crippen LogP contribution in [0.15, 0.2) is 23.0 Å². The number of ether oxygens (including phenoxy) is 1. The lowest BCUT2D eigenvalue weighted by molar-refractivity contribution is 0.0969. The van der Waals surface area contributed by atoms with Gasteiger partial charge in [0.2, 0.25) is 0 Å². The number of nitrogens with zero attached hydrogens (tertiary/aromatic N) is 3. The number of aryl methyl sites for hydroxylation is 1. The fourth-order valence-corrected chi connectivity index (χ4v) is 5.40. The normalized spacial score (nSPS) is 23.0. The first kappa shape index (κ1) is 22.6. The first-order valence-corrected chi connectivity index (χ1v) is 11.6. The summed E-state index contributed by atoms with van der Waals surface area (Å²) in [5, 5.41) is 10.4. The van der Waals surface area contributed by atoms with E-state index in [1.54, 1.807) is 25.1 Å². The van der Waals surface area contributed by atoms with Crippen molar-refractivity contribution in [2.75, 3.05) is 31.2 Å². The molecule has 8 heteroatoms. The van der Waals surface area contributed by atoms with Crippen LogP contribution < -0.4 is 10.5 Å². The molecule has 31 heavy (non-hydrogen) atoms. The number of rotatable bonds is 4. The van der Waals surface area contributed by atoms with E-state index in [9.17, 15) is 9.90 Å². The van der Waals surface area contributed by atoms with E-state index in [4.69, 9.17) is 32.9 Å². The van der Waals surface area contributed by atoms with Crippen molar-refractivity contribution < 1.29 is 9.84 Å². The second-order valence-electron chi connectivity index (χ2n) is 8.80. The molecule has 0 saturated carbocycles. The third-order valence-electron chi connectivity index (χ3n) is 7.22. The molecule has 2 aliphatic heterocycles. The number of aromatic nitrogens is 2. The molecule has 2 aromatic rings. The SMILES string of the molecule is Cc1nc(N2CCC3(CC2)CO[C@@H](C)[C@H]3C)c(CCO)c(=O)n1-c1cccc(Cl)c1Cl. The molecule has 168 valence electrons. The summed E-state index contributed by atoms with van der Waals surface area (Å²) >= 11 is 12.6. The second-order valence-corrected chi connectivity index (χ2v) is 9.59. The molecule has 2 saturated heterocycles. The van der Waals surface area contributed by atoms with Gasteiger partial charge in [0.05, 0.1) is 34.0 Å². The van der Waals surface area contributed by atoms with Crippen LogP contribution in [-0.2, 0) is 11.2 Å². The van der Waals surface area contributed by atoms with E-state index in [0.717, 1.165) is 32.5 Å². The number of hydrogen-bond acceptors (Lipinski definition) is 5. The highest BCUT2D eigenvalue weighted by molar-refractivity contribution is 6.43. The molecule has 0 radical (unpaired) electrons. The standard InChI is InChI=1S/C23H29Cl2N3O3/c1-14-15(2)31-13-23(14)8-10-27(11-9-23)21-17(7-12-29)22(30)28(16(3)26-21)19-6-4-5-18(24)20(19)25/h4-6,14-15,29H,7-13H2,1-3H3/t14-,15+/m1/s1. The number of benzene rings is 1. The quantitative estimate of drug-likeness (QED) is 0.737. The minimum absolute atomic E-state index is 0.129. The molecule has 1 N–H and O–H groups in total. The number of piperidine rings is 1. The Balaban J connectivity index is 1.71. The topological polar surface area (TPSA) is 67.6 Å². The van der Waals surface area contributed by atoms with Gasteiger partial charge in [-0.25, -0.2) is 4.98 Å². The van der Waals surface area contributed by atoms with Crippen LogP contribution in [0.4, 0.5) is 5.82 Å². The zero-order valence-electron chi connectivity index (χ0n) is 18.2. The van der Waals surface area contributed by atoms with Crippen molar-refractivity contribution in [2.45, 2.75) is 46.1 Å². The van der Waals surface area contributed by atoms with E-state index in [0.29, 0.717) is 38.9 Å². The van der Waals surface area contributed by atoms with Crippen LogP contribution in [0, 0.1) is 18.3 Å². The van der Waals surface area contributed by atoms with E-state index < -0.39 is 0 Å². The van der Waals surface area contributed by atoms with Crippen LogP contribution in [0.25, 0.3) is 5.69 Å². The Hall–Kier alpha value is -1.60. The molecule has 4 rings (SSSR count). The average molecular weight is 466 g/mol. The highest BCUT2D eigenvalue weighted by atomic mass is 35.5. The molecule has 2 aliphatic rings. The van der Waals surface area contributed by atoms with Crippen LogP contribution >= 0.6 is 23.2 Å². The summed E-state index contributed by atoms with van der Waals surface area (Å²) in [4.78, 5) is 20.5. The van der Waals surface area contributed by atoms with Crippen LogP contribution in [0.3, 0.4) is 0 Å². The predicted molar refractivity (Wildman–Crippen MR) is 124 cm³/mol. The Morgan fingerprint density at radius 1 is 1.26 bits per heavy atom. The monoisotopic (exact) mass is 465 g/mol. The van der Waals surface area contributed by atoms with Crippen molar-refractivity contribution in [3.05, 3.63) is 50.0 Å². The summed E-state index contributed by atoms with van der Waals surface area (Å²) in [6.07, 6.45) is 2.52. The third kappa shape index (κ3) is 3.88. The lowest BCUT2D eigenvalue weighted by Gasteiger charge is -2.42. The van der Waals surface area contributed by atoms with Crippen molar-refractivity contribution in [2.24, 2.45) is 11.3 Å². The summed E-state index contributed by atoms with van der Waals surface area (Å²) in [5.41, 5.74) is 0.987. The summed E-state index contributed by atoms with van der Waals surface area (Å²) in [7, 11) is 0. The van der Waals surface area contributed by atoms with Gasteiger partial charge in [0.25, 0.3) is 5.56 Å². The molecule has 0 aliphatic carbocycles. The lowest BCUT2D eigenvalue weighted by atomic mass is 9.70. The van der Waals surface area contributed by atoms with Crippen LogP contribution in [0.5, 0.6) is 0 Å². The summed E-state index contributed by atoms with van der Waals surface area (Å²) in [5.74, 6) is 1.72. The van der Waals surface area contributed by atoms with Crippen molar-refractivity contribution >= 4 is 29.0 Å². The molecule has 1 spiro atoms. The maximum absolute atomic E-state index is 13.5. The minimum Gasteiger partial charge on any atom is -0.396 e. The van der Waals surface area contributed by atoms with E-state index >= 15 is 0 Å². The smallest absolute Gasteiger partial charge is 0.263 e. The molecule has 0 amide bonds. The number of hydrogen-bond donors (Lipinski definition) is 1. The Bertz CT molecular complexity index is 1030. The van der Waals surface area contributed by atoms with Crippen molar-refractivity contribution in [1.82, 2.24) is 9.55 Å². The van der Waals surface area contributed by atoms with E-state index in [2.05, 4.69) is 18.7 Å². The average Bonchev–Trinajstić information content (AvgIpc) is 3.02. The molecular weight excluding hydrogens is 437 g/mol. The second kappa shape index (κ2) is 8.74. The molecule has 2 fully saturated rings. The van der Waals surface area contributed by atoms with Crippen LogP contribution in [0.1, 0.15) is 38.1 Å².